The van der Waals surface area contributed by atoms with E-state index in [1.54, 1.807) is 7.05 Å². The van der Waals surface area contributed by atoms with Crippen LogP contribution in [0.5, 0.6) is 0 Å². The second-order valence-electron chi connectivity index (χ2n) is 4.80. The molecule has 2 heterocycles. The number of rotatable bonds is 7. The van der Waals surface area contributed by atoms with Gasteiger partial charge >= 0.3 is 0 Å². The molecular weight excluding hydrogens is 302 g/mol. The van der Waals surface area contributed by atoms with Gasteiger partial charge in [0.05, 0.1) is 12.3 Å². The molecule has 0 saturated heterocycles. The Morgan fingerprint density at radius 2 is 2.18 bits per heavy atom. The predicted octanol–water partition coefficient (Wildman–Crippen LogP) is 0.806. The number of thioether (sulfide) groups is 1. The molecule has 7 nitrogen and oxygen atoms in total. The molecule has 0 fully saturated rings. The quantitative estimate of drug-likeness (QED) is 0.763. The molecule has 0 aliphatic rings. The van der Waals surface area contributed by atoms with Gasteiger partial charge in [0.2, 0.25) is 11.8 Å². The molecule has 22 heavy (non-hydrogen) atoms. The van der Waals surface area contributed by atoms with Crippen LogP contribution >= 0.6 is 11.8 Å². The van der Waals surface area contributed by atoms with Gasteiger partial charge in [-0.2, -0.15) is 0 Å². The topological polar surface area (TPSA) is 79.6 Å². The minimum absolute atomic E-state index is 0.0694. The van der Waals surface area contributed by atoms with Gasteiger partial charge < -0.3 is 10.2 Å². The second-order valence-corrected chi connectivity index (χ2v) is 5.74. The summed E-state index contributed by atoms with van der Waals surface area (Å²) in [5, 5.41) is 11.5. The molecule has 0 aromatic carbocycles. The monoisotopic (exact) mass is 321 g/mol. The first kappa shape index (κ1) is 16.3. The maximum absolute atomic E-state index is 12.1. The molecular formula is C14H19N5O2S. The average molecular weight is 321 g/mol. The Bertz CT molecular complexity index is 657. The molecule has 2 aromatic heterocycles. The maximum atomic E-state index is 12.1. The van der Waals surface area contributed by atoms with Crippen LogP contribution < -0.4 is 5.32 Å². The Kier molecular flexibility index (Phi) is 5.76. The fraction of sp³-hybridized carbons (Fsp3) is 0.429. The molecule has 0 aliphatic heterocycles. The smallest absolute Gasteiger partial charge is 0.239 e. The van der Waals surface area contributed by atoms with Crippen molar-refractivity contribution in [3.63, 3.8) is 0 Å². The Morgan fingerprint density at radius 1 is 1.36 bits per heavy atom. The van der Waals surface area contributed by atoms with E-state index in [4.69, 9.17) is 0 Å². The Labute approximate surface area is 133 Å². The highest BCUT2D eigenvalue weighted by Crippen LogP contribution is 2.16. The van der Waals surface area contributed by atoms with Gasteiger partial charge in [-0.15, -0.1) is 10.2 Å². The van der Waals surface area contributed by atoms with Crippen molar-refractivity contribution in [1.82, 2.24) is 24.8 Å². The number of carbonyl (C=O) groups is 2. The Balaban J connectivity index is 1.85. The van der Waals surface area contributed by atoms with Crippen molar-refractivity contribution < 1.29 is 9.59 Å². The number of likely N-dealkylation sites (N-methyl/N-ethyl adjacent to an activating group) is 1. The summed E-state index contributed by atoms with van der Waals surface area (Å²) in [6.45, 7) is 2.68. The first-order chi connectivity index (χ1) is 10.6. The molecule has 0 spiro atoms. The van der Waals surface area contributed by atoms with Crippen LogP contribution in [0.2, 0.25) is 0 Å². The number of pyridine rings is 1. The Hall–Kier alpha value is -2.09. The van der Waals surface area contributed by atoms with E-state index in [0.29, 0.717) is 11.7 Å². The number of nitrogens with one attached hydrogen (secondary N) is 1. The minimum Gasteiger partial charge on any atom is -0.355 e. The van der Waals surface area contributed by atoms with Crippen LogP contribution in [0, 0.1) is 0 Å². The minimum atomic E-state index is -0.143. The van der Waals surface area contributed by atoms with Crippen molar-refractivity contribution in [1.29, 1.82) is 0 Å². The van der Waals surface area contributed by atoms with Crippen molar-refractivity contribution in [3.05, 3.63) is 24.4 Å². The number of aromatic nitrogens is 3. The second kappa shape index (κ2) is 7.79. The van der Waals surface area contributed by atoms with Gasteiger partial charge in [0, 0.05) is 19.8 Å². The van der Waals surface area contributed by atoms with Gasteiger partial charge in [-0.05, 0) is 18.6 Å². The summed E-state index contributed by atoms with van der Waals surface area (Å²) in [7, 11) is 1.62. The van der Waals surface area contributed by atoms with Gasteiger partial charge in [0.1, 0.15) is 0 Å². The molecule has 0 unspecified atom stereocenters. The third kappa shape index (κ3) is 4.20. The molecule has 0 saturated carbocycles. The van der Waals surface area contributed by atoms with Gasteiger partial charge in [-0.1, -0.05) is 24.8 Å². The van der Waals surface area contributed by atoms with E-state index in [-0.39, 0.29) is 24.1 Å². The number of hydrogen-bond acceptors (Lipinski definition) is 5. The fourth-order valence-electron chi connectivity index (χ4n) is 1.78. The van der Waals surface area contributed by atoms with Crippen molar-refractivity contribution in [2.45, 2.75) is 18.5 Å². The molecule has 0 bridgehead atoms. The van der Waals surface area contributed by atoms with Crippen molar-refractivity contribution in [2.24, 2.45) is 0 Å². The summed E-state index contributed by atoms with van der Waals surface area (Å²) < 4.78 is 1.83. The van der Waals surface area contributed by atoms with E-state index in [1.165, 1.54) is 16.7 Å². The summed E-state index contributed by atoms with van der Waals surface area (Å²) in [6.07, 6.45) is 2.73. The highest BCUT2D eigenvalue weighted by molar-refractivity contribution is 7.99. The SMILES string of the molecule is CCCNC(=O)CN(C)C(=O)CSc1nnc2ccccn12. The molecule has 118 valence electrons. The van der Waals surface area contributed by atoms with Crippen LogP contribution in [0.25, 0.3) is 5.65 Å². The van der Waals surface area contributed by atoms with Crippen LogP contribution in [-0.4, -0.2) is 57.2 Å². The first-order valence-corrected chi connectivity index (χ1v) is 8.03. The summed E-state index contributed by atoms with van der Waals surface area (Å²) in [5.41, 5.74) is 0.741. The van der Waals surface area contributed by atoms with E-state index in [9.17, 15) is 9.59 Å². The lowest BCUT2D eigenvalue weighted by molar-refractivity contribution is -0.132. The van der Waals surface area contributed by atoms with Crippen LogP contribution in [0.15, 0.2) is 29.6 Å². The standard InChI is InChI=1S/C14H19N5O2S/c1-3-7-15-12(20)9-18(2)13(21)10-22-14-17-16-11-6-4-5-8-19(11)14/h4-6,8H,3,7,9-10H2,1-2H3,(H,15,20). The van der Waals surface area contributed by atoms with E-state index in [1.807, 2.05) is 35.7 Å². The largest absolute Gasteiger partial charge is 0.355 e. The molecule has 8 heteroatoms. The van der Waals surface area contributed by atoms with Crippen LogP contribution in [0.3, 0.4) is 0 Å². The lowest BCUT2D eigenvalue weighted by Crippen LogP contribution is -2.39. The maximum Gasteiger partial charge on any atom is 0.239 e. The Morgan fingerprint density at radius 3 is 2.95 bits per heavy atom. The molecule has 0 aliphatic carbocycles. The molecule has 0 radical (unpaired) electrons. The summed E-state index contributed by atoms with van der Waals surface area (Å²) >= 11 is 1.30. The first-order valence-electron chi connectivity index (χ1n) is 7.05. The van der Waals surface area contributed by atoms with Crippen LogP contribution in [0.1, 0.15) is 13.3 Å². The van der Waals surface area contributed by atoms with Crippen LogP contribution in [-0.2, 0) is 9.59 Å². The highest BCUT2D eigenvalue weighted by Gasteiger charge is 2.14. The third-order valence-corrected chi connectivity index (χ3v) is 3.91. The summed E-state index contributed by atoms with van der Waals surface area (Å²) in [4.78, 5) is 25.1. The highest BCUT2D eigenvalue weighted by atomic mass is 32.2. The third-order valence-electron chi connectivity index (χ3n) is 2.99. The lowest BCUT2D eigenvalue weighted by Gasteiger charge is -2.16. The van der Waals surface area contributed by atoms with E-state index in [0.717, 1.165) is 12.1 Å². The zero-order valence-corrected chi connectivity index (χ0v) is 13.5. The number of amides is 2. The summed E-state index contributed by atoms with van der Waals surface area (Å²) in [6, 6.07) is 5.61. The van der Waals surface area contributed by atoms with Gasteiger partial charge in [-0.3, -0.25) is 14.0 Å². The van der Waals surface area contributed by atoms with Crippen molar-refractivity contribution >= 4 is 29.2 Å². The molecule has 2 rings (SSSR count). The van der Waals surface area contributed by atoms with E-state index < -0.39 is 0 Å². The zero-order valence-electron chi connectivity index (χ0n) is 12.7. The predicted molar refractivity (Wildman–Crippen MR) is 84.6 cm³/mol. The van der Waals surface area contributed by atoms with Crippen molar-refractivity contribution in [2.75, 3.05) is 25.9 Å². The lowest BCUT2D eigenvalue weighted by atomic mass is 10.4. The van der Waals surface area contributed by atoms with E-state index >= 15 is 0 Å². The van der Waals surface area contributed by atoms with Gasteiger partial charge in [0.25, 0.3) is 0 Å². The van der Waals surface area contributed by atoms with Gasteiger partial charge in [0.15, 0.2) is 10.8 Å². The number of nitrogens with zero attached hydrogens (tertiary/aromatic N) is 4. The molecule has 2 amide bonds. The molecule has 0 atom stereocenters. The number of carbonyl (C=O) groups excluding carboxylic acids is 2. The molecule has 1 N–H and O–H groups in total. The normalized spacial score (nSPS) is 10.6. The van der Waals surface area contributed by atoms with E-state index in [2.05, 4.69) is 15.5 Å². The van der Waals surface area contributed by atoms with Gasteiger partial charge in [-0.25, -0.2) is 0 Å². The van der Waals surface area contributed by atoms with Crippen LogP contribution in [0.4, 0.5) is 0 Å². The average Bonchev–Trinajstić information content (AvgIpc) is 2.93. The number of hydrogen-bond donors (Lipinski definition) is 1. The molecule has 2 aromatic rings. The summed E-state index contributed by atoms with van der Waals surface area (Å²) in [5.74, 6) is -0.0484. The zero-order chi connectivity index (χ0) is 15.9. The number of fused-ring (bicyclic) bond motifs is 1. The fourth-order valence-corrected chi connectivity index (χ4v) is 2.64. The van der Waals surface area contributed by atoms with Crippen molar-refractivity contribution in [3.8, 4) is 0 Å².